The number of ether oxygens (including phenoxy) is 1. The number of likely N-dealkylation sites (tertiary alicyclic amines) is 1. The monoisotopic (exact) mass is 327 g/mol. The smallest absolute Gasteiger partial charge is 0.124 e. The third-order valence-electron chi connectivity index (χ3n) is 4.77. The summed E-state index contributed by atoms with van der Waals surface area (Å²) in [5.74, 6) is 0.713. The predicted octanol–water partition coefficient (Wildman–Crippen LogP) is 2.71. The SMILES string of the molecule is COc1ccccc1[C@]1(O)CCCN(C[C@H](O)c2ccccc2)C1. The van der Waals surface area contributed by atoms with Crippen LogP contribution < -0.4 is 4.74 Å². The lowest BCUT2D eigenvalue weighted by atomic mass is 9.85. The van der Waals surface area contributed by atoms with Crippen LogP contribution in [0.15, 0.2) is 54.6 Å². The molecule has 2 aromatic carbocycles. The summed E-state index contributed by atoms with van der Waals surface area (Å²) >= 11 is 0. The first-order chi connectivity index (χ1) is 11.6. The van der Waals surface area contributed by atoms with Gasteiger partial charge >= 0.3 is 0 Å². The molecule has 1 saturated heterocycles. The van der Waals surface area contributed by atoms with Crippen molar-refractivity contribution in [1.82, 2.24) is 4.90 Å². The molecular weight excluding hydrogens is 302 g/mol. The van der Waals surface area contributed by atoms with Crippen LogP contribution in [0.3, 0.4) is 0 Å². The Bertz CT molecular complexity index is 661. The molecule has 2 aromatic rings. The summed E-state index contributed by atoms with van der Waals surface area (Å²) in [6.07, 6.45) is 1.03. The van der Waals surface area contributed by atoms with Crippen LogP contribution in [0, 0.1) is 0 Å². The number of hydrogen-bond acceptors (Lipinski definition) is 4. The van der Waals surface area contributed by atoms with Crippen molar-refractivity contribution in [3.8, 4) is 5.75 Å². The molecule has 2 N–H and O–H groups in total. The highest BCUT2D eigenvalue weighted by Crippen LogP contribution is 2.37. The molecule has 4 heteroatoms. The minimum atomic E-state index is -0.943. The third-order valence-corrected chi connectivity index (χ3v) is 4.77. The summed E-state index contributed by atoms with van der Waals surface area (Å²) < 4.78 is 5.42. The van der Waals surface area contributed by atoms with Crippen LogP contribution in [0.25, 0.3) is 0 Å². The molecule has 1 heterocycles. The molecule has 0 radical (unpaired) electrons. The van der Waals surface area contributed by atoms with Gasteiger partial charge in [0, 0.05) is 18.7 Å². The van der Waals surface area contributed by atoms with Crippen LogP contribution in [-0.2, 0) is 5.60 Å². The Labute approximate surface area is 143 Å². The zero-order valence-electron chi connectivity index (χ0n) is 14.1. The lowest BCUT2D eigenvalue weighted by Crippen LogP contribution is -2.47. The van der Waals surface area contributed by atoms with E-state index in [9.17, 15) is 10.2 Å². The third kappa shape index (κ3) is 3.61. The maximum Gasteiger partial charge on any atom is 0.124 e. The molecule has 0 saturated carbocycles. The first-order valence-electron chi connectivity index (χ1n) is 8.43. The molecule has 0 bridgehead atoms. The van der Waals surface area contributed by atoms with E-state index in [4.69, 9.17) is 4.74 Å². The van der Waals surface area contributed by atoms with Gasteiger partial charge in [0.1, 0.15) is 11.4 Å². The number of para-hydroxylation sites is 1. The highest BCUT2D eigenvalue weighted by atomic mass is 16.5. The van der Waals surface area contributed by atoms with Gasteiger partial charge in [-0.25, -0.2) is 0 Å². The molecule has 1 aliphatic rings. The molecule has 1 fully saturated rings. The van der Waals surface area contributed by atoms with E-state index in [1.165, 1.54) is 0 Å². The molecule has 3 rings (SSSR count). The molecule has 0 aliphatic carbocycles. The lowest BCUT2D eigenvalue weighted by Gasteiger charge is -2.40. The van der Waals surface area contributed by atoms with Gasteiger partial charge in [-0.3, -0.25) is 4.90 Å². The van der Waals surface area contributed by atoms with E-state index < -0.39 is 11.7 Å². The Morgan fingerprint density at radius 1 is 1.12 bits per heavy atom. The van der Waals surface area contributed by atoms with Crippen LogP contribution in [0.1, 0.15) is 30.1 Å². The van der Waals surface area contributed by atoms with E-state index in [0.29, 0.717) is 25.3 Å². The zero-order valence-corrected chi connectivity index (χ0v) is 14.1. The van der Waals surface area contributed by atoms with Crippen molar-refractivity contribution in [1.29, 1.82) is 0 Å². The number of aliphatic hydroxyl groups excluding tert-OH is 1. The molecule has 0 aromatic heterocycles. The quantitative estimate of drug-likeness (QED) is 0.887. The fourth-order valence-electron chi connectivity index (χ4n) is 3.55. The average molecular weight is 327 g/mol. The molecule has 128 valence electrons. The molecule has 1 aliphatic heterocycles. The summed E-state index contributed by atoms with van der Waals surface area (Å²) in [7, 11) is 1.63. The second-order valence-corrected chi connectivity index (χ2v) is 6.50. The van der Waals surface area contributed by atoms with E-state index in [1.54, 1.807) is 7.11 Å². The van der Waals surface area contributed by atoms with Gasteiger partial charge in [0.2, 0.25) is 0 Å². The van der Waals surface area contributed by atoms with Crippen molar-refractivity contribution >= 4 is 0 Å². The Balaban J connectivity index is 1.74. The lowest BCUT2D eigenvalue weighted by molar-refractivity contribution is -0.0474. The fraction of sp³-hybridized carbons (Fsp3) is 0.400. The minimum absolute atomic E-state index is 0.497. The van der Waals surface area contributed by atoms with Gasteiger partial charge in [0.15, 0.2) is 0 Å². The first kappa shape index (κ1) is 17.0. The highest BCUT2D eigenvalue weighted by Gasteiger charge is 2.37. The second-order valence-electron chi connectivity index (χ2n) is 6.50. The highest BCUT2D eigenvalue weighted by molar-refractivity contribution is 5.38. The topological polar surface area (TPSA) is 52.9 Å². The van der Waals surface area contributed by atoms with Crippen molar-refractivity contribution in [3.63, 3.8) is 0 Å². The van der Waals surface area contributed by atoms with Crippen molar-refractivity contribution in [3.05, 3.63) is 65.7 Å². The van der Waals surface area contributed by atoms with Gasteiger partial charge < -0.3 is 14.9 Å². The predicted molar refractivity (Wildman–Crippen MR) is 94.0 cm³/mol. The molecular formula is C20H25NO3. The number of piperidine rings is 1. The van der Waals surface area contributed by atoms with E-state index in [-0.39, 0.29) is 0 Å². The van der Waals surface area contributed by atoms with Crippen molar-refractivity contribution in [2.24, 2.45) is 0 Å². The molecule has 0 spiro atoms. The Hall–Kier alpha value is -1.88. The van der Waals surface area contributed by atoms with Crippen molar-refractivity contribution < 1.29 is 14.9 Å². The van der Waals surface area contributed by atoms with Gasteiger partial charge in [-0.15, -0.1) is 0 Å². The average Bonchev–Trinajstić information content (AvgIpc) is 2.62. The number of aliphatic hydroxyl groups is 2. The van der Waals surface area contributed by atoms with Crippen LogP contribution in [0.5, 0.6) is 5.75 Å². The first-order valence-corrected chi connectivity index (χ1v) is 8.43. The molecule has 4 nitrogen and oxygen atoms in total. The summed E-state index contributed by atoms with van der Waals surface area (Å²) in [4.78, 5) is 2.13. The number of benzene rings is 2. The van der Waals surface area contributed by atoms with Crippen LogP contribution in [-0.4, -0.2) is 41.9 Å². The second kappa shape index (κ2) is 7.34. The number of β-amino-alcohol motifs (C(OH)–C–C–N with tert-alkyl or cyclic N) is 2. The number of rotatable bonds is 5. The van der Waals surface area contributed by atoms with E-state index in [1.807, 2.05) is 54.6 Å². The fourth-order valence-corrected chi connectivity index (χ4v) is 3.55. The number of hydrogen-bond donors (Lipinski definition) is 2. The Morgan fingerprint density at radius 2 is 1.83 bits per heavy atom. The van der Waals surface area contributed by atoms with Gasteiger partial charge in [0.25, 0.3) is 0 Å². The largest absolute Gasteiger partial charge is 0.496 e. The van der Waals surface area contributed by atoms with Gasteiger partial charge in [0.05, 0.1) is 13.2 Å². The van der Waals surface area contributed by atoms with Gasteiger partial charge in [-0.05, 0) is 31.0 Å². The Kier molecular flexibility index (Phi) is 5.19. The normalized spacial score (nSPS) is 23.0. The van der Waals surface area contributed by atoms with Crippen LogP contribution >= 0.6 is 0 Å². The summed E-state index contributed by atoms with van der Waals surface area (Å²) in [5, 5.41) is 21.7. The van der Waals surface area contributed by atoms with E-state index >= 15 is 0 Å². The minimum Gasteiger partial charge on any atom is -0.496 e. The zero-order chi connectivity index (χ0) is 17.0. The summed E-state index contributed by atoms with van der Waals surface area (Å²) in [6, 6.07) is 17.3. The van der Waals surface area contributed by atoms with Crippen LogP contribution in [0.2, 0.25) is 0 Å². The number of nitrogens with zero attached hydrogens (tertiary/aromatic N) is 1. The maximum atomic E-state index is 11.2. The molecule has 0 unspecified atom stereocenters. The maximum absolute atomic E-state index is 11.2. The van der Waals surface area contributed by atoms with Crippen molar-refractivity contribution in [2.75, 3.05) is 26.7 Å². The summed E-state index contributed by atoms with van der Waals surface area (Å²) in [5.41, 5.74) is 0.789. The van der Waals surface area contributed by atoms with Crippen LogP contribution in [0.4, 0.5) is 0 Å². The van der Waals surface area contributed by atoms with Crippen molar-refractivity contribution in [2.45, 2.75) is 24.5 Å². The molecule has 0 amide bonds. The van der Waals surface area contributed by atoms with Gasteiger partial charge in [-0.2, -0.15) is 0 Å². The molecule has 2 atom stereocenters. The number of methoxy groups -OCH3 is 1. The molecule has 24 heavy (non-hydrogen) atoms. The van der Waals surface area contributed by atoms with Gasteiger partial charge in [-0.1, -0.05) is 48.5 Å². The standard InChI is InChI=1S/C20H25NO3/c1-24-19-11-6-5-10-17(19)20(23)12-7-13-21(15-20)14-18(22)16-8-3-2-4-9-16/h2-6,8-11,18,22-23H,7,12-15H2,1H3/t18-,20-/m0/s1. The van der Waals surface area contributed by atoms with E-state index in [0.717, 1.165) is 24.1 Å². The van der Waals surface area contributed by atoms with E-state index in [2.05, 4.69) is 4.90 Å². The Morgan fingerprint density at radius 3 is 2.58 bits per heavy atom. The summed E-state index contributed by atoms with van der Waals surface area (Å²) in [6.45, 7) is 1.89.